The van der Waals surface area contributed by atoms with Crippen LogP contribution in [0.4, 0.5) is 0 Å². The van der Waals surface area contributed by atoms with Crippen LogP contribution in [-0.2, 0) is 10.8 Å². The molecule has 1 nitrogen and oxygen atoms in total. The Morgan fingerprint density at radius 1 is 0.660 bits per heavy atom. The van der Waals surface area contributed by atoms with Gasteiger partial charge in [-0.1, -0.05) is 162 Å². The third-order valence-electron chi connectivity index (χ3n) is 12.1. The predicted molar refractivity (Wildman–Crippen MR) is 213 cm³/mol. The molecule has 244 valence electrons. The standard InChI is InChI=1S/C49H43N/c1-47(2,3)39-28-36-19-21-42-43(34-17-15-32(16-18-34)38-12-9-27-50-31-38)30-49(5,44-22-20-37(29-39)45(36)46(42)44)48(4)25-23-35(24-26-48)41-14-8-11-33-10-6-7-13-40(33)41/h6-25,27-29,31H,26,30H2,1-5H3. The summed E-state index contributed by atoms with van der Waals surface area (Å²) in [5.74, 6) is 0. The molecule has 50 heavy (non-hydrogen) atoms. The Balaban J connectivity index is 1.23. The molecule has 9 rings (SSSR count). The highest BCUT2D eigenvalue weighted by Gasteiger charge is 2.47. The summed E-state index contributed by atoms with van der Waals surface area (Å²) in [7, 11) is 0. The van der Waals surface area contributed by atoms with Crippen molar-refractivity contribution in [1.29, 1.82) is 0 Å². The lowest BCUT2D eigenvalue weighted by Crippen LogP contribution is -2.44. The number of benzene rings is 6. The van der Waals surface area contributed by atoms with E-state index >= 15 is 0 Å². The minimum Gasteiger partial charge on any atom is -0.264 e. The van der Waals surface area contributed by atoms with Gasteiger partial charge in [-0.25, -0.2) is 0 Å². The highest BCUT2D eigenvalue weighted by Crippen LogP contribution is 2.56. The molecule has 1 aromatic heterocycles. The topological polar surface area (TPSA) is 12.9 Å². The molecule has 0 spiro atoms. The summed E-state index contributed by atoms with van der Waals surface area (Å²) in [6.07, 6.45) is 13.2. The highest BCUT2D eigenvalue weighted by atomic mass is 14.6. The van der Waals surface area contributed by atoms with Gasteiger partial charge in [0, 0.05) is 17.8 Å². The molecular weight excluding hydrogens is 603 g/mol. The smallest absolute Gasteiger partial charge is 0.0346 e. The van der Waals surface area contributed by atoms with E-state index < -0.39 is 0 Å². The van der Waals surface area contributed by atoms with E-state index in [1.165, 1.54) is 76.5 Å². The second-order valence-electron chi connectivity index (χ2n) is 16.1. The van der Waals surface area contributed by atoms with Gasteiger partial charge < -0.3 is 0 Å². The molecular formula is C49H43N. The molecule has 0 N–H and O–H groups in total. The van der Waals surface area contributed by atoms with Crippen LogP contribution in [0.5, 0.6) is 0 Å². The first-order valence-corrected chi connectivity index (χ1v) is 18.0. The van der Waals surface area contributed by atoms with E-state index in [0.29, 0.717) is 0 Å². The molecule has 0 radical (unpaired) electrons. The van der Waals surface area contributed by atoms with Crippen molar-refractivity contribution in [3.63, 3.8) is 0 Å². The van der Waals surface area contributed by atoms with Crippen molar-refractivity contribution >= 4 is 43.5 Å². The second-order valence-corrected chi connectivity index (χ2v) is 16.1. The van der Waals surface area contributed by atoms with Crippen LogP contribution in [0.3, 0.4) is 0 Å². The Kier molecular flexibility index (Phi) is 6.84. The van der Waals surface area contributed by atoms with Gasteiger partial charge in [0.25, 0.3) is 0 Å². The Morgan fingerprint density at radius 3 is 2.12 bits per heavy atom. The molecule has 0 aliphatic heterocycles. The average molecular weight is 646 g/mol. The Hall–Kier alpha value is -5.27. The first-order valence-electron chi connectivity index (χ1n) is 18.0. The zero-order valence-corrected chi connectivity index (χ0v) is 29.7. The fourth-order valence-corrected chi connectivity index (χ4v) is 8.84. The fourth-order valence-electron chi connectivity index (χ4n) is 8.84. The molecule has 7 aromatic rings. The van der Waals surface area contributed by atoms with Gasteiger partial charge in [0.2, 0.25) is 0 Å². The summed E-state index contributed by atoms with van der Waals surface area (Å²) in [6.45, 7) is 12.0. The average Bonchev–Trinajstić information content (AvgIpc) is 3.14. The lowest BCUT2D eigenvalue weighted by atomic mass is 9.54. The van der Waals surface area contributed by atoms with E-state index in [1.807, 2.05) is 18.5 Å². The van der Waals surface area contributed by atoms with Gasteiger partial charge in [-0.2, -0.15) is 0 Å². The van der Waals surface area contributed by atoms with Crippen molar-refractivity contribution in [3.05, 3.63) is 173 Å². The quantitative estimate of drug-likeness (QED) is 0.186. The number of hydrogen-bond donors (Lipinski definition) is 0. The maximum atomic E-state index is 4.37. The molecule has 0 amide bonds. The Bertz CT molecular complexity index is 2560. The molecule has 2 aliphatic carbocycles. The normalized spacial score (nSPS) is 20.5. The SMILES string of the molecule is CC(C)(C)c1cc2ccc3c4c(ccc(c1)c24)=C(c1ccc(-c2cccnc2)cc1)CC3(C)C1(C)C=CC(c2cccc3ccccc23)=CC1. The van der Waals surface area contributed by atoms with Crippen LogP contribution in [0.15, 0.2) is 146 Å². The summed E-state index contributed by atoms with van der Waals surface area (Å²) >= 11 is 0. The van der Waals surface area contributed by atoms with Crippen molar-refractivity contribution < 1.29 is 0 Å². The summed E-state index contributed by atoms with van der Waals surface area (Å²) in [4.78, 5) is 4.37. The first kappa shape index (κ1) is 30.8. The van der Waals surface area contributed by atoms with Gasteiger partial charge in [0.05, 0.1) is 0 Å². The number of nitrogens with zero attached hydrogens (tertiary/aromatic N) is 1. The first-order chi connectivity index (χ1) is 24.1. The molecule has 0 bridgehead atoms. The van der Waals surface area contributed by atoms with Crippen LogP contribution in [0, 0.1) is 5.41 Å². The van der Waals surface area contributed by atoms with Gasteiger partial charge in [0.15, 0.2) is 0 Å². The number of pyridine rings is 1. The maximum absolute atomic E-state index is 4.37. The summed E-state index contributed by atoms with van der Waals surface area (Å²) in [6, 6.07) is 43.3. The minimum atomic E-state index is -0.139. The summed E-state index contributed by atoms with van der Waals surface area (Å²) in [5.41, 5.74) is 10.4. The molecule has 6 aromatic carbocycles. The maximum Gasteiger partial charge on any atom is 0.0346 e. The lowest BCUT2D eigenvalue weighted by Gasteiger charge is -2.49. The van der Waals surface area contributed by atoms with E-state index in [0.717, 1.165) is 18.4 Å². The van der Waals surface area contributed by atoms with Gasteiger partial charge in [-0.05, 0) is 112 Å². The summed E-state index contributed by atoms with van der Waals surface area (Å²) in [5, 5.41) is 9.49. The third-order valence-corrected chi connectivity index (χ3v) is 12.1. The molecule has 2 aliphatic rings. The molecule has 1 heteroatoms. The zero-order chi connectivity index (χ0) is 34.3. The van der Waals surface area contributed by atoms with Crippen molar-refractivity contribution in [2.75, 3.05) is 0 Å². The van der Waals surface area contributed by atoms with Crippen molar-refractivity contribution in [1.82, 2.24) is 4.98 Å². The number of hydrogen-bond acceptors (Lipinski definition) is 1. The Labute approximate surface area is 295 Å². The predicted octanol–water partition coefficient (Wildman–Crippen LogP) is 12.1. The van der Waals surface area contributed by atoms with E-state index in [1.54, 1.807) is 0 Å². The van der Waals surface area contributed by atoms with Crippen LogP contribution in [0.2, 0.25) is 0 Å². The van der Waals surface area contributed by atoms with Crippen molar-refractivity contribution in [2.24, 2.45) is 5.41 Å². The van der Waals surface area contributed by atoms with Crippen LogP contribution < -0.4 is 5.22 Å². The molecule has 1 heterocycles. The van der Waals surface area contributed by atoms with Gasteiger partial charge in [-0.3, -0.25) is 4.98 Å². The van der Waals surface area contributed by atoms with E-state index in [2.05, 4.69) is 167 Å². The molecule has 0 saturated carbocycles. The molecule has 0 fully saturated rings. The van der Waals surface area contributed by atoms with Crippen LogP contribution in [-0.4, -0.2) is 4.98 Å². The number of aromatic nitrogens is 1. The largest absolute Gasteiger partial charge is 0.264 e. The number of fused-ring (bicyclic) bond motifs is 1. The van der Waals surface area contributed by atoms with Crippen molar-refractivity contribution in [3.8, 4) is 11.1 Å². The van der Waals surface area contributed by atoms with E-state index in [9.17, 15) is 0 Å². The van der Waals surface area contributed by atoms with Gasteiger partial charge in [-0.15, -0.1) is 0 Å². The van der Waals surface area contributed by atoms with E-state index in [-0.39, 0.29) is 16.2 Å². The van der Waals surface area contributed by atoms with Gasteiger partial charge >= 0.3 is 0 Å². The molecule has 2 atom stereocenters. The Morgan fingerprint density at radius 2 is 1.40 bits per heavy atom. The van der Waals surface area contributed by atoms with Gasteiger partial charge in [0.1, 0.15) is 0 Å². The summed E-state index contributed by atoms with van der Waals surface area (Å²) < 4.78 is 0. The third kappa shape index (κ3) is 4.71. The molecule has 2 unspecified atom stereocenters. The fraction of sp³-hybridized carbons (Fsp3) is 0.204. The number of rotatable bonds is 4. The van der Waals surface area contributed by atoms with Crippen LogP contribution >= 0.6 is 0 Å². The van der Waals surface area contributed by atoms with Crippen LogP contribution in [0.1, 0.15) is 69.7 Å². The van der Waals surface area contributed by atoms with E-state index in [4.69, 9.17) is 0 Å². The monoisotopic (exact) mass is 645 g/mol. The zero-order valence-electron chi connectivity index (χ0n) is 29.7. The highest BCUT2D eigenvalue weighted by molar-refractivity contribution is 6.13. The minimum absolute atomic E-state index is 0.0781. The second kappa shape index (κ2) is 11.1. The van der Waals surface area contributed by atoms with Crippen LogP contribution in [0.25, 0.3) is 54.6 Å². The lowest BCUT2D eigenvalue weighted by molar-refractivity contribution is 0.223. The molecule has 0 saturated heterocycles. The van der Waals surface area contributed by atoms with Crippen molar-refractivity contribution in [2.45, 2.75) is 58.3 Å². The number of allylic oxidation sites excluding steroid dienone is 4.